The van der Waals surface area contributed by atoms with Crippen LogP contribution in [0.5, 0.6) is 0 Å². The van der Waals surface area contributed by atoms with Crippen LogP contribution in [0.4, 0.5) is 0 Å². The molecular weight excluding hydrogens is 126 g/mol. The Balaban J connectivity index is 2.21. The second kappa shape index (κ2) is 3.26. The van der Waals surface area contributed by atoms with Gasteiger partial charge in [0.2, 0.25) is 0 Å². The maximum atomic E-state index is 10.8. The molecule has 0 aromatic rings. The van der Waals surface area contributed by atoms with Gasteiger partial charge in [0.25, 0.3) is 5.91 Å². The van der Waals surface area contributed by atoms with Gasteiger partial charge in [-0.3, -0.25) is 4.79 Å². The lowest BCUT2D eigenvalue weighted by Crippen LogP contribution is -2.38. The molecule has 0 atom stereocenters. The van der Waals surface area contributed by atoms with E-state index < -0.39 is 0 Å². The van der Waals surface area contributed by atoms with E-state index in [0.717, 1.165) is 12.8 Å². The third-order valence-electron chi connectivity index (χ3n) is 1.68. The van der Waals surface area contributed by atoms with Crippen LogP contribution in [0.1, 0.15) is 26.2 Å². The summed E-state index contributed by atoms with van der Waals surface area (Å²) in [6, 6.07) is 0.411. The van der Waals surface area contributed by atoms with Crippen LogP contribution in [0, 0.1) is 11.8 Å². The van der Waals surface area contributed by atoms with Crippen molar-refractivity contribution in [2.45, 2.75) is 32.2 Å². The summed E-state index contributed by atoms with van der Waals surface area (Å²) < 4.78 is 0. The maximum Gasteiger partial charge on any atom is 0.296 e. The largest absolute Gasteiger partial charge is 0.343 e. The number of hydrogen-bond donors (Lipinski definition) is 1. The van der Waals surface area contributed by atoms with Gasteiger partial charge in [-0.2, -0.15) is 0 Å². The Kier molecular flexibility index (Phi) is 2.33. The van der Waals surface area contributed by atoms with Crippen molar-refractivity contribution in [1.82, 2.24) is 5.32 Å². The summed E-state index contributed by atoms with van der Waals surface area (Å²) in [5.41, 5.74) is 0. The average molecular weight is 137 g/mol. The predicted octanol–water partition coefficient (Wildman–Crippen LogP) is 0.678. The summed E-state index contributed by atoms with van der Waals surface area (Å²) in [7, 11) is 0. The number of amides is 1. The molecule has 1 N–H and O–H groups in total. The van der Waals surface area contributed by atoms with Crippen molar-refractivity contribution in [1.29, 1.82) is 0 Å². The van der Waals surface area contributed by atoms with Crippen LogP contribution < -0.4 is 5.32 Å². The molecule has 0 radical (unpaired) electrons. The summed E-state index contributed by atoms with van der Waals surface area (Å²) in [4.78, 5) is 10.8. The van der Waals surface area contributed by atoms with E-state index in [1.165, 1.54) is 6.42 Å². The van der Waals surface area contributed by atoms with Gasteiger partial charge < -0.3 is 5.32 Å². The molecule has 1 aliphatic rings. The SMILES string of the molecule is CC#CC(=O)NC1CCC1. The summed E-state index contributed by atoms with van der Waals surface area (Å²) in [5, 5.41) is 2.80. The van der Waals surface area contributed by atoms with Crippen LogP contribution in [0.15, 0.2) is 0 Å². The van der Waals surface area contributed by atoms with Gasteiger partial charge in [-0.15, -0.1) is 0 Å². The average Bonchev–Trinajstić information content (AvgIpc) is 1.80. The Morgan fingerprint density at radius 1 is 1.60 bits per heavy atom. The highest BCUT2D eigenvalue weighted by Crippen LogP contribution is 2.17. The van der Waals surface area contributed by atoms with Crippen LogP contribution in [0.25, 0.3) is 0 Å². The number of carbonyl (C=O) groups excluding carboxylic acids is 1. The van der Waals surface area contributed by atoms with Crippen molar-refractivity contribution in [3.63, 3.8) is 0 Å². The van der Waals surface area contributed by atoms with Crippen LogP contribution in [0.3, 0.4) is 0 Å². The third kappa shape index (κ3) is 1.77. The Bertz CT molecular complexity index is 183. The monoisotopic (exact) mass is 137 g/mol. The van der Waals surface area contributed by atoms with Crippen LogP contribution in [0.2, 0.25) is 0 Å². The molecule has 1 aliphatic carbocycles. The number of carbonyl (C=O) groups is 1. The molecule has 10 heavy (non-hydrogen) atoms. The lowest BCUT2D eigenvalue weighted by Gasteiger charge is -2.25. The van der Waals surface area contributed by atoms with Gasteiger partial charge in [-0.1, -0.05) is 5.92 Å². The van der Waals surface area contributed by atoms with Crippen molar-refractivity contribution in [3.8, 4) is 11.8 Å². The quantitative estimate of drug-likeness (QED) is 0.529. The Labute approximate surface area is 61.0 Å². The second-order valence-corrected chi connectivity index (χ2v) is 2.48. The first kappa shape index (κ1) is 7.14. The van der Waals surface area contributed by atoms with E-state index in [1.54, 1.807) is 6.92 Å². The topological polar surface area (TPSA) is 29.1 Å². The fraction of sp³-hybridized carbons (Fsp3) is 0.625. The minimum absolute atomic E-state index is 0.132. The lowest BCUT2D eigenvalue weighted by atomic mass is 9.93. The molecule has 2 nitrogen and oxygen atoms in total. The van der Waals surface area contributed by atoms with Crippen molar-refractivity contribution in [2.24, 2.45) is 0 Å². The van der Waals surface area contributed by atoms with Crippen molar-refractivity contribution in [2.75, 3.05) is 0 Å². The molecule has 1 amide bonds. The highest BCUT2D eigenvalue weighted by molar-refractivity contribution is 5.93. The van der Waals surface area contributed by atoms with Gasteiger partial charge in [-0.25, -0.2) is 0 Å². The van der Waals surface area contributed by atoms with E-state index >= 15 is 0 Å². The standard InChI is InChI=1S/C8H11NO/c1-2-4-8(10)9-7-5-3-6-7/h7H,3,5-6H2,1H3,(H,9,10). The van der Waals surface area contributed by atoms with Crippen LogP contribution in [-0.2, 0) is 4.79 Å². The van der Waals surface area contributed by atoms with E-state index in [-0.39, 0.29) is 5.91 Å². The van der Waals surface area contributed by atoms with Gasteiger partial charge in [0, 0.05) is 6.04 Å². The molecule has 0 aromatic heterocycles. The predicted molar refractivity (Wildman–Crippen MR) is 39.2 cm³/mol. The molecule has 1 fully saturated rings. The minimum atomic E-state index is -0.132. The molecule has 0 aliphatic heterocycles. The van der Waals surface area contributed by atoms with Crippen LogP contribution in [-0.4, -0.2) is 11.9 Å². The first-order valence-corrected chi connectivity index (χ1v) is 3.56. The zero-order valence-electron chi connectivity index (χ0n) is 6.11. The van der Waals surface area contributed by atoms with Crippen molar-refractivity contribution < 1.29 is 4.79 Å². The summed E-state index contributed by atoms with van der Waals surface area (Å²) in [6.45, 7) is 1.67. The van der Waals surface area contributed by atoms with Gasteiger partial charge in [0.1, 0.15) is 0 Å². The van der Waals surface area contributed by atoms with Crippen molar-refractivity contribution >= 4 is 5.91 Å². The van der Waals surface area contributed by atoms with E-state index in [2.05, 4.69) is 17.2 Å². The zero-order chi connectivity index (χ0) is 7.40. The van der Waals surface area contributed by atoms with E-state index in [0.29, 0.717) is 6.04 Å². The van der Waals surface area contributed by atoms with Gasteiger partial charge in [0.15, 0.2) is 0 Å². The number of rotatable bonds is 1. The zero-order valence-corrected chi connectivity index (χ0v) is 6.11. The van der Waals surface area contributed by atoms with Gasteiger partial charge in [0.05, 0.1) is 0 Å². The second-order valence-electron chi connectivity index (χ2n) is 2.48. The lowest BCUT2D eigenvalue weighted by molar-refractivity contribution is -0.116. The van der Waals surface area contributed by atoms with Gasteiger partial charge >= 0.3 is 0 Å². The highest BCUT2D eigenvalue weighted by atomic mass is 16.1. The molecule has 2 heteroatoms. The highest BCUT2D eigenvalue weighted by Gasteiger charge is 2.17. The Hall–Kier alpha value is -0.970. The summed E-state index contributed by atoms with van der Waals surface area (Å²) >= 11 is 0. The Morgan fingerprint density at radius 2 is 2.30 bits per heavy atom. The summed E-state index contributed by atoms with van der Waals surface area (Å²) in [5.74, 6) is 4.87. The molecular formula is C8H11NO. The molecule has 1 saturated carbocycles. The fourth-order valence-corrected chi connectivity index (χ4v) is 0.888. The van der Waals surface area contributed by atoms with E-state index in [9.17, 15) is 4.79 Å². The number of nitrogens with one attached hydrogen (secondary N) is 1. The normalized spacial score (nSPS) is 16.5. The molecule has 0 bridgehead atoms. The van der Waals surface area contributed by atoms with E-state index in [4.69, 9.17) is 0 Å². The molecule has 1 rings (SSSR count). The molecule has 0 spiro atoms. The molecule has 0 unspecified atom stereocenters. The molecule has 0 aromatic carbocycles. The van der Waals surface area contributed by atoms with E-state index in [1.807, 2.05) is 0 Å². The molecule has 0 heterocycles. The van der Waals surface area contributed by atoms with Crippen molar-refractivity contribution in [3.05, 3.63) is 0 Å². The van der Waals surface area contributed by atoms with Gasteiger partial charge in [-0.05, 0) is 32.1 Å². The fourth-order valence-electron chi connectivity index (χ4n) is 0.888. The van der Waals surface area contributed by atoms with Crippen LogP contribution >= 0.6 is 0 Å². The molecule has 0 saturated heterocycles. The molecule has 54 valence electrons. The minimum Gasteiger partial charge on any atom is -0.343 e. The maximum absolute atomic E-state index is 10.8. The first-order chi connectivity index (χ1) is 4.83. The smallest absolute Gasteiger partial charge is 0.296 e. The third-order valence-corrected chi connectivity index (χ3v) is 1.68. The Morgan fingerprint density at radius 3 is 2.70 bits per heavy atom. The summed E-state index contributed by atoms with van der Waals surface area (Å²) in [6.07, 6.45) is 3.48. The number of hydrogen-bond acceptors (Lipinski definition) is 1. The first-order valence-electron chi connectivity index (χ1n) is 3.56.